The molecule has 0 radical (unpaired) electrons. The molecule has 2 saturated heterocycles. The predicted molar refractivity (Wildman–Crippen MR) is 66.9 cm³/mol. The Labute approximate surface area is 108 Å². The normalized spacial score (nSPS) is 29.6. The number of amides is 2. The highest BCUT2D eigenvalue weighted by atomic mass is 16.5. The van der Waals surface area contributed by atoms with Gasteiger partial charge in [0.05, 0.1) is 13.2 Å². The third kappa shape index (κ3) is 3.02. The van der Waals surface area contributed by atoms with E-state index in [4.69, 9.17) is 4.74 Å². The molecule has 5 heteroatoms. The summed E-state index contributed by atoms with van der Waals surface area (Å²) >= 11 is 0. The SMILES string of the molecule is CC(C)C1NC(=O)CN(CC2CCCOC2)C1=O. The quantitative estimate of drug-likeness (QED) is 0.793. The highest BCUT2D eigenvalue weighted by molar-refractivity contribution is 5.94. The molecule has 0 spiro atoms. The third-order valence-corrected chi connectivity index (χ3v) is 3.63. The maximum absolute atomic E-state index is 12.3. The summed E-state index contributed by atoms with van der Waals surface area (Å²) in [5.41, 5.74) is 0. The lowest BCUT2D eigenvalue weighted by atomic mass is 9.97. The summed E-state index contributed by atoms with van der Waals surface area (Å²) in [7, 11) is 0. The van der Waals surface area contributed by atoms with Crippen LogP contribution in [0.3, 0.4) is 0 Å². The van der Waals surface area contributed by atoms with Gasteiger partial charge < -0.3 is 15.0 Å². The average Bonchev–Trinajstić information content (AvgIpc) is 2.34. The molecule has 0 bridgehead atoms. The summed E-state index contributed by atoms with van der Waals surface area (Å²) < 4.78 is 5.42. The van der Waals surface area contributed by atoms with Gasteiger partial charge in [-0.2, -0.15) is 0 Å². The van der Waals surface area contributed by atoms with Crippen molar-refractivity contribution in [2.45, 2.75) is 32.7 Å². The van der Waals surface area contributed by atoms with Crippen molar-refractivity contribution >= 4 is 11.8 Å². The van der Waals surface area contributed by atoms with E-state index in [1.54, 1.807) is 4.90 Å². The molecule has 2 aliphatic heterocycles. The van der Waals surface area contributed by atoms with Crippen LogP contribution in [0, 0.1) is 11.8 Å². The van der Waals surface area contributed by atoms with Crippen LogP contribution in [0.2, 0.25) is 0 Å². The first kappa shape index (κ1) is 13.3. The van der Waals surface area contributed by atoms with E-state index in [1.165, 1.54) is 0 Å². The predicted octanol–water partition coefficient (Wildman–Crippen LogP) is 0.396. The number of hydrogen-bond acceptors (Lipinski definition) is 3. The molecule has 1 N–H and O–H groups in total. The van der Waals surface area contributed by atoms with Crippen LogP contribution in [0.15, 0.2) is 0 Å². The lowest BCUT2D eigenvalue weighted by Gasteiger charge is -2.37. The number of hydrogen-bond donors (Lipinski definition) is 1. The van der Waals surface area contributed by atoms with Crippen molar-refractivity contribution in [1.29, 1.82) is 0 Å². The van der Waals surface area contributed by atoms with E-state index in [0.717, 1.165) is 19.4 Å². The topological polar surface area (TPSA) is 58.6 Å². The molecule has 0 aromatic heterocycles. The fourth-order valence-electron chi connectivity index (χ4n) is 2.60. The molecule has 0 aliphatic carbocycles. The molecular formula is C13H22N2O3. The van der Waals surface area contributed by atoms with Gasteiger partial charge in [0.2, 0.25) is 11.8 Å². The van der Waals surface area contributed by atoms with Gasteiger partial charge in [-0.05, 0) is 24.7 Å². The van der Waals surface area contributed by atoms with Crippen molar-refractivity contribution < 1.29 is 14.3 Å². The molecule has 102 valence electrons. The van der Waals surface area contributed by atoms with E-state index >= 15 is 0 Å². The maximum Gasteiger partial charge on any atom is 0.245 e. The Hall–Kier alpha value is -1.10. The van der Waals surface area contributed by atoms with Gasteiger partial charge in [0, 0.05) is 13.2 Å². The summed E-state index contributed by atoms with van der Waals surface area (Å²) in [4.78, 5) is 25.6. The number of rotatable bonds is 3. The molecule has 2 amide bonds. The van der Waals surface area contributed by atoms with Gasteiger partial charge >= 0.3 is 0 Å². The largest absolute Gasteiger partial charge is 0.381 e. The van der Waals surface area contributed by atoms with Gasteiger partial charge in [0.1, 0.15) is 6.04 Å². The number of ether oxygens (including phenoxy) is 1. The standard InChI is InChI=1S/C13H22N2O3/c1-9(2)12-13(17)15(7-11(16)14-12)6-10-4-3-5-18-8-10/h9-10,12H,3-8H2,1-2H3,(H,14,16). The molecule has 18 heavy (non-hydrogen) atoms. The Morgan fingerprint density at radius 3 is 2.83 bits per heavy atom. The van der Waals surface area contributed by atoms with Gasteiger partial charge in [-0.3, -0.25) is 9.59 Å². The zero-order chi connectivity index (χ0) is 13.1. The molecular weight excluding hydrogens is 232 g/mol. The summed E-state index contributed by atoms with van der Waals surface area (Å²) in [6.45, 7) is 6.28. The first-order valence-electron chi connectivity index (χ1n) is 6.74. The Morgan fingerprint density at radius 1 is 1.44 bits per heavy atom. The Bertz CT molecular complexity index is 324. The summed E-state index contributed by atoms with van der Waals surface area (Å²) in [5.74, 6) is 0.508. The average molecular weight is 254 g/mol. The second-order valence-corrected chi connectivity index (χ2v) is 5.59. The molecule has 2 heterocycles. The molecule has 0 aromatic rings. The summed E-state index contributed by atoms with van der Waals surface area (Å²) in [6.07, 6.45) is 2.13. The number of nitrogens with one attached hydrogen (secondary N) is 1. The van der Waals surface area contributed by atoms with Gasteiger partial charge in [0.15, 0.2) is 0 Å². The Kier molecular flexibility index (Phi) is 4.22. The van der Waals surface area contributed by atoms with Crippen LogP contribution in [-0.2, 0) is 14.3 Å². The van der Waals surface area contributed by atoms with E-state index < -0.39 is 0 Å². The van der Waals surface area contributed by atoms with Crippen molar-refractivity contribution in [3.63, 3.8) is 0 Å². The van der Waals surface area contributed by atoms with Gasteiger partial charge in [0.25, 0.3) is 0 Å². The lowest BCUT2D eigenvalue weighted by Crippen LogP contribution is -2.60. The second kappa shape index (κ2) is 5.69. The number of carbonyl (C=O) groups excluding carboxylic acids is 2. The molecule has 2 aliphatic rings. The van der Waals surface area contributed by atoms with Crippen LogP contribution in [0.25, 0.3) is 0 Å². The fourth-order valence-corrected chi connectivity index (χ4v) is 2.60. The molecule has 2 fully saturated rings. The van der Waals surface area contributed by atoms with Crippen molar-refractivity contribution in [3.05, 3.63) is 0 Å². The van der Waals surface area contributed by atoms with Crippen molar-refractivity contribution in [3.8, 4) is 0 Å². The molecule has 2 unspecified atom stereocenters. The third-order valence-electron chi connectivity index (χ3n) is 3.63. The van der Waals surface area contributed by atoms with Crippen molar-refractivity contribution in [2.75, 3.05) is 26.3 Å². The van der Waals surface area contributed by atoms with Crippen LogP contribution in [0.4, 0.5) is 0 Å². The van der Waals surface area contributed by atoms with Gasteiger partial charge in [-0.15, -0.1) is 0 Å². The summed E-state index contributed by atoms with van der Waals surface area (Å²) in [6, 6.07) is -0.365. The zero-order valence-electron chi connectivity index (χ0n) is 11.1. The highest BCUT2D eigenvalue weighted by Gasteiger charge is 2.35. The molecule has 2 atom stereocenters. The fraction of sp³-hybridized carbons (Fsp3) is 0.846. The second-order valence-electron chi connectivity index (χ2n) is 5.59. The first-order valence-corrected chi connectivity index (χ1v) is 6.74. The molecule has 5 nitrogen and oxygen atoms in total. The maximum atomic E-state index is 12.3. The minimum Gasteiger partial charge on any atom is -0.381 e. The highest BCUT2D eigenvalue weighted by Crippen LogP contribution is 2.18. The van der Waals surface area contributed by atoms with Crippen LogP contribution in [0.5, 0.6) is 0 Å². The summed E-state index contributed by atoms with van der Waals surface area (Å²) in [5, 5.41) is 2.77. The van der Waals surface area contributed by atoms with Crippen molar-refractivity contribution in [2.24, 2.45) is 11.8 Å². The Balaban J connectivity index is 1.97. The minimum absolute atomic E-state index is 0.0509. The van der Waals surface area contributed by atoms with Gasteiger partial charge in [-0.1, -0.05) is 13.8 Å². The van der Waals surface area contributed by atoms with Crippen LogP contribution >= 0.6 is 0 Å². The monoisotopic (exact) mass is 254 g/mol. The number of piperazine rings is 1. The molecule has 2 rings (SSSR count). The Morgan fingerprint density at radius 2 is 2.22 bits per heavy atom. The minimum atomic E-state index is -0.365. The smallest absolute Gasteiger partial charge is 0.245 e. The zero-order valence-corrected chi connectivity index (χ0v) is 11.1. The van der Waals surface area contributed by atoms with Crippen LogP contribution in [-0.4, -0.2) is 49.1 Å². The van der Waals surface area contributed by atoms with E-state index in [0.29, 0.717) is 19.1 Å². The van der Waals surface area contributed by atoms with E-state index in [-0.39, 0.29) is 30.3 Å². The van der Waals surface area contributed by atoms with E-state index in [9.17, 15) is 9.59 Å². The first-order chi connectivity index (χ1) is 8.58. The van der Waals surface area contributed by atoms with E-state index in [1.807, 2.05) is 13.8 Å². The lowest BCUT2D eigenvalue weighted by molar-refractivity contribution is -0.146. The number of carbonyl (C=O) groups is 2. The van der Waals surface area contributed by atoms with Crippen LogP contribution < -0.4 is 5.32 Å². The van der Waals surface area contributed by atoms with Crippen LogP contribution in [0.1, 0.15) is 26.7 Å². The van der Waals surface area contributed by atoms with E-state index in [2.05, 4.69) is 5.32 Å². The van der Waals surface area contributed by atoms with Crippen molar-refractivity contribution in [1.82, 2.24) is 10.2 Å². The van der Waals surface area contributed by atoms with Gasteiger partial charge in [-0.25, -0.2) is 0 Å². The number of nitrogens with zero attached hydrogens (tertiary/aromatic N) is 1. The molecule has 0 saturated carbocycles. The molecule has 0 aromatic carbocycles.